The number of benzene rings is 1. The Morgan fingerprint density at radius 1 is 1.38 bits per heavy atom. The van der Waals surface area contributed by atoms with Crippen LogP contribution < -0.4 is 5.32 Å². The minimum atomic E-state index is -0.752. The van der Waals surface area contributed by atoms with Gasteiger partial charge in [0.25, 0.3) is 0 Å². The second-order valence-corrected chi connectivity index (χ2v) is 4.41. The first kappa shape index (κ1) is 11.4. The molecule has 1 heterocycles. The van der Waals surface area contributed by atoms with Gasteiger partial charge < -0.3 is 0 Å². The zero-order chi connectivity index (χ0) is 11.5. The van der Waals surface area contributed by atoms with Crippen molar-refractivity contribution < 1.29 is 4.92 Å². The zero-order valence-corrected chi connectivity index (χ0v) is 9.43. The molecule has 1 aliphatic rings. The Balaban J connectivity index is 2.27. The van der Waals surface area contributed by atoms with E-state index in [1.54, 1.807) is 0 Å². The summed E-state index contributed by atoms with van der Waals surface area (Å²) in [6.07, 6.45) is 0.749. The molecule has 1 saturated heterocycles. The molecule has 3 atom stereocenters. The van der Waals surface area contributed by atoms with Crippen LogP contribution in [-0.4, -0.2) is 23.0 Å². The molecular formula is C11H13ClN2O2. The number of halogens is 1. The first-order valence-corrected chi connectivity index (χ1v) is 5.69. The van der Waals surface area contributed by atoms with Crippen LogP contribution in [0.4, 0.5) is 0 Å². The molecule has 1 aromatic rings. The van der Waals surface area contributed by atoms with Gasteiger partial charge in [0, 0.05) is 4.92 Å². The number of piperidine rings is 1. The summed E-state index contributed by atoms with van der Waals surface area (Å²) in [4.78, 5) is 10.8. The van der Waals surface area contributed by atoms with E-state index >= 15 is 0 Å². The lowest BCUT2D eigenvalue weighted by molar-refractivity contribution is -0.529. The van der Waals surface area contributed by atoms with E-state index in [9.17, 15) is 10.1 Å². The standard InChI is InChI=1S/C11H13ClN2O2/c12-11-10(14(15)16)9(6-7-13-11)8-4-2-1-3-5-8/h1-5,9-11,13H,6-7H2. The Bertz CT molecular complexity index is 372. The lowest BCUT2D eigenvalue weighted by atomic mass is 9.86. The largest absolute Gasteiger partial charge is 0.296 e. The van der Waals surface area contributed by atoms with Crippen LogP contribution in [0.3, 0.4) is 0 Å². The maximum atomic E-state index is 11.0. The fourth-order valence-corrected chi connectivity index (χ4v) is 2.57. The van der Waals surface area contributed by atoms with Crippen molar-refractivity contribution in [3.63, 3.8) is 0 Å². The van der Waals surface area contributed by atoms with E-state index < -0.39 is 11.5 Å². The molecule has 5 heteroatoms. The summed E-state index contributed by atoms with van der Waals surface area (Å²) in [6, 6.07) is 8.81. The number of hydrogen-bond acceptors (Lipinski definition) is 3. The minimum absolute atomic E-state index is 0.0973. The number of rotatable bonds is 2. The van der Waals surface area contributed by atoms with Crippen molar-refractivity contribution >= 4 is 11.6 Å². The van der Waals surface area contributed by atoms with Crippen LogP contribution in [0.2, 0.25) is 0 Å². The van der Waals surface area contributed by atoms with Gasteiger partial charge in [-0.25, -0.2) is 0 Å². The normalized spacial score (nSPS) is 29.9. The van der Waals surface area contributed by atoms with Crippen LogP contribution in [0.25, 0.3) is 0 Å². The van der Waals surface area contributed by atoms with Crippen molar-refractivity contribution in [2.24, 2.45) is 0 Å². The highest BCUT2D eigenvalue weighted by atomic mass is 35.5. The van der Waals surface area contributed by atoms with E-state index in [-0.39, 0.29) is 10.8 Å². The molecular weight excluding hydrogens is 228 g/mol. The zero-order valence-electron chi connectivity index (χ0n) is 8.67. The lowest BCUT2D eigenvalue weighted by Gasteiger charge is -2.30. The Labute approximate surface area is 98.8 Å². The Morgan fingerprint density at radius 3 is 2.69 bits per heavy atom. The van der Waals surface area contributed by atoms with Gasteiger partial charge in [-0.05, 0) is 18.5 Å². The first-order valence-electron chi connectivity index (χ1n) is 5.26. The van der Waals surface area contributed by atoms with Gasteiger partial charge >= 0.3 is 0 Å². The number of nitrogens with one attached hydrogen (secondary N) is 1. The van der Waals surface area contributed by atoms with Crippen LogP contribution >= 0.6 is 11.6 Å². The van der Waals surface area contributed by atoms with E-state index in [0.29, 0.717) is 0 Å². The molecule has 0 aromatic heterocycles. The molecule has 0 spiro atoms. The average molecular weight is 241 g/mol. The van der Waals surface area contributed by atoms with Crippen molar-refractivity contribution in [1.82, 2.24) is 5.32 Å². The van der Waals surface area contributed by atoms with Gasteiger partial charge in [0.2, 0.25) is 6.04 Å². The molecule has 0 radical (unpaired) electrons. The second kappa shape index (κ2) is 4.80. The molecule has 1 N–H and O–H groups in total. The van der Waals surface area contributed by atoms with Gasteiger partial charge in [-0.1, -0.05) is 41.9 Å². The smallest absolute Gasteiger partial charge is 0.248 e. The summed E-state index contributed by atoms with van der Waals surface area (Å²) < 4.78 is 0. The highest BCUT2D eigenvalue weighted by Crippen LogP contribution is 2.31. The SMILES string of the molecule is O=[N+]([O-])C1C(Cl)NCCC1c1ccccc1. The third-order valence-electron chi connectivity index (χ3n) is 2.98. The third-order valence-corrected chi connectivity index (χ3v) is 3.39. The lowest BCUT2D eigenvalue weighted by Crippen LogP contribution is -2.49. The molecule has 2 rings (SSSR count). The van der Waals surface area contributed by atoms with Crippen molar-refractivity contribution in [1.29, 1.82) is 0 Å². The Kier molecular flexibility index (Phi) is 3.41. The molecule has 0 aliphatic carbocycles. The molecule has 1 aromatic carbocycles. The molecule has 0 amide bonds. The predicted molar refractivity (Wildman–Crippen MR) is 62.2 cm³/mol. The number of nitro groups is 1. The molecule has 4 nitrogen and oxygen atoms in total. The Morgan fingerprint density at radius 2 is 2.06 bits per heavy atom. The van der Waals surface area contributed by atoms with Gasteiger partial charge in [-0.2, -0.15) is 0 Å². The minimum Gasteiger partial charge on any atom is -0.296 e. The highest BCUT2D eigenvalue weighted by molar-refractivity contribution is 6.20. The molecule has 86 valence electrons. The maximum absolute atomic E-state index is 11.0. The molecule has 3 unspecified atom stereocenters. The van der Waals surface area contributed by atoms with E-state index in [1.807, 2.05) is 30.3 Å². The van der Waals surface area contributed by atoms with Crippen molar-refractivity contribution in [3.8, 4) is 0 Å². The number of hydrogen-bond donors (Lipinski definition) is 1. The highest BCUT2D eigenvalue weighted by Gasteiger charge is 2.41. The molecule has 1 aliphatic heterocycles. The monoisotopic (exact) mass is 240 g/mol. The van der Waals surface area contributed by atoms with Crippen LogP contribution in [0.5, 0.6) is 0 Å². The number of nitrogens with zero attached hydrogens (tertiary/aromatic N) is 1. The molecule has 0 bridgehead atoms. The Hall–Kier alpha value is -1.13. The molecule has 1 fully saturated rings. The van der Waals surface area contributed by atoms with Crippen LogP contribution in [0.15, 0.2) is 30.3 Å². The van der Waals surface area contributed by atoms with E-state index in [4.69, 9.17) is 11.6 Å². The van der Waals surface area contributed by atoms with E-state index in [1.165, 1.54) is 0 Å². The van der Waals surface area contributed by atoms with Gasteiger partial charge in [0.1, 0.15) is 0 Å². The van der Waals surface area contributed by atoms with Gasteiger partial charge in [-0.3, -0.25) is 15.4 Å². The maximum Gasteiger partial charge on any atom is 0.248 e. The van der Waals surface area contributed by atoms with Crippen LogP contribution in [0, 0.1) is 10.1 Å². The predicted octanol–water partition coefficient (Wildman–Crippen LogP) is 1.97. The van der Waals surface area contributed by atoms with Gasteiger partial charge in [0.15, 0.2) is 5.50 Å². The fourth-order valence-electron chi connectivity index (χ4n) is 2.19. The number of alkyl halides is 1. The topological polar surface area (TPSA) is 55.2 Å². The summed E-state index contributed by atoms with van der Waals surface area (Å²) in [7, 11) is 0. The quantitative estimate of drug-likeness (QED) is 0.372. The summed E-state index contributed by atoms with van der Waals surface area (Å²) >= 11 is 5.97. The van der Waals surface area contributed by atoms with Gasteiger partial charge in [-0.15, -0.1) is 0 Å². The van der Waals surface area contributed by atoms with Crippen molar-refractivity contribution in [3.05, 3.63) is 46.0 Å². The van der Waals surface area contributed by atoms with Crippen LogP contribution in [0.1, 0.15) is 17.9 Å². The van der Waals surface area contributed by atoms with Crippen molar-refractivity contribution in [2.45, 2.75) is 23.9 Å². The first-order chi connectivity index (χ1) is 7.70. The van der Waals surface area contributed by atoms with Gasteiger partial charge in [0.05, 0.1) is 5.92 Å². The fraction of sp³-hybridized carbons (Fsp3) is 0.455. The third kappa shape index (κ3) is 2.18. The molecule has 16 heavy (non-hydrogen) atoms. The summed E-state index contributed by atoms with van der Waals surface area (Å²) in [5.74, 6) is -0.0973. The summed E-state index contributed by atoms with van der Waals surface area (Å²) in [5, 5.41) is 14.0. The van der Waals surface area contributed by atoms with E-state index in [0.717, 1.165) is 18.5 Å². The van der Waals surface area contributed by atoms with Crippen molar-refractivity contribution in [2.75, 3.05) is 6.54 Å². The average Bonchev–Trinajstić information content (AvgIpc) is 2.29. The summed E-state index contributed by atoms with van der Waals surface area (Å²) in [5.41, 5.74) is 0.408. The van der Waals surface area contributed by atoms with E-state index in [2.05, 4.69) is 5.32 Å². The van der Waals surface area contributed by atoms with Crippen LogP contribution in [-0.2, 0) is 0 Å². The summed E-state index contributed by atoms with van der Waals surface area (Å²) in [6.45, 7) is 0.720. The second-order valence-electron chi connectivity index (χ2n) is 3.94. The molecule has 0 saturated carbocycles.